The summed E-state index contributed by atoms with van der Waals surface area (Å²) >= 11 is 0. The zero-order valence-corrected chi connectivity index (χ0v) is 16.7. The van der Waals surface area contributed by atoms with Gasteiger partial charge in [-0.05, 0) is 30.2 Å². The van der Waals surface area contributed by atoms with E-state index >= 15 is 0 Å². The lowest BCUT2D eigenvalue weighted by molar-refractivity contribution is 0.0956. The highest BCUT2D eigenvalue weighted by molar-refractivity contribution is 5.54. The number of aliphatic hydroxyl groups excluding tert-OH is 2. The first-order chi connectivity index (χ1) is 14.6. The first-order valence-corrected chi connectivity index (χ1v) is 9.76. The van der Waals surface area contributed by atoms with Crippen molar-refractivity contribution in [3.63, 3.8) is 0 Å². The van der Waals surface area contributed by atoms with Gasteiger partial charge in [-0.1, -0.05) is 12.1 Å². The predicted molar refractivity (Wildman–Crippen MR) is 113 cm³/mol. The van der Waals surface area contributed by atoms with E-state index in [1.807, 2.05) is 19.3 Å². The molecule has 0 radical (unpaired) electrons. The average Bonchev–Trinajstić information content (AvgIpc) is 2.80. The second-order valence-corrected chi connectivity index (χ2v) is 7.09. The van der Waals surface area contributed by atoms with Gasteiger partial charge in [-0.3, -0.25) is 0 Å². The molecule has 10 nitrogen and oxygen atoms in total. The molecule has 3 N–H and O–H groups in total. The van der Waals surface area contributed by atoms with Crippen LogP contribution in [0.4, 0.5) is 23.5 Å². The Bertz CT molecular complexity index is 959. The lowest BCUT2D eigenvalue weighted by Gasteiger charge is -2.34. The smallest absolute Gasteiger partial charge is 0.231 e. The number of nitrogens with one attached hydrogen (secondary N) is 1. The van der Waals surface area contributed by atoms with E-state index in [1.165, 1.54) is 6.33 Å². The van der Waals surface area contributed by atoms with Crippen LogP contribution < -0.4 is 15.1 Å². The van der Waals surface area contributed by atoms with E-state index in [2.05, 4.69) is 40.0 Å². The molecule has 0 amide bonds. The lowest BCUT2D eigenvalue weighted by Crippen LogP contribution is -2.47. The number of benzene rings is 1. The maximum atomic E-state index is 9.67. The van der Waals surface area contributed by atoms with Gasteiger partial charge >= 0.3 is 0 Å². The SMILES string of the molecule is Cc1cnc(N2CCN(c3ncnc(Nc4ccc([C@H](O)CO)cc4)n3)CC2)nc1. The van der Waals surface area contributed by atoms with Crippen LogP contribution in [-0.4, -0.2) is 67.9 Å². The first kappa shape index (κ1) is 19.9. The van der Waals surface area contributed by atoms with Crippen LogP contribution >= 0.6 is 0 Å². The molecule has 3 aromatic rings. The van der Waals surface area contributed by atoms with Crippen molar-refractivity contribution in [3.8, 4) is 0 Å². The van der Waals surface area contributed by atoms with Gasteiger partial charge in [0.15, 0.2) is 0 Å². The van der Waals surface area contributed by atoms with Gasteiger partial charge in [0.05, 0.1) is 6.61 Å². The second kappa shape index (κ2) is 8.97. The van der Waals surface area contributed by atoms with E-state index in [0.717, 1.165) is 43.4 Å². The monoisotopic (exact) mass is 408 g/mol. The molecule has 2 aromatic heterocycles. The van der Waals surface area contributed by atoms with Crippen molar-refractivity contribution in [1.29, 1.82) is 0 Å². The minimum Gasteiger partial charge on any atom is -0.393 e. The van der Waals surface area contributed by atoms with Gasteiger partial charge in [-0.2, -0.15) is 4.98 Å². The summed E-state index contributed by atoms with van der Waals surface area (Å²) in [5.41, 5.74) is 2.47. The van der Waals surface area contributed by atoms with Crippen LogP contribution in [0.3, 0.4) is 0 Å². The van der Waals surface area contributed by atoms with E-state index < -0.39 is 6.10 Å². The van der Waals surface area contributed by atoms with Gasteiger partial charge in [-0.15, -0.1) is 0 Å². The van der Waals surface area contributed by atoms with Gasteiger partial charge < -0.3 is 25.3 Å². The molecule has 30 heavy (non-hydrogen) atoms. The van der Waals surface area contributed by atoms with Crippen LogP contribution in [0.2, 0.25) is 0 Å². The molecular weight excluding hydrogens is 384 g/mol. The van der Waals surface area contributed by atoms with Crippen molar-refractivity contribution in [3.05, 3.63) is 54.1 Å². The van der Waals surface area contributed by atoms with Crippen LogP contribution in [0.5, 0.6) is 0 Å². The summed E-state index contributed by atoms with van der Waals surface area (Å²) in [6.45, 7) is 4.75. The van der Waals surface area contributed by atoms with Crippen LogP contribution in [-0.2, 0) is 0 Å². The van der Waals surface area contributed by atoms with Crippen molar-refractivity contribution >= 4 is 23.5 Å². The van der Waals surface area contributed by atoms with Gasteiger partial charge in [0.1, 0.15) is 12.4 Å². The van der Waals surface area contributed by atoms with E-state index in [9.17, 15) is 5.11 Å². The number of aliphatic hydroxyl groups is 2. The predicted octanol–water partition coefficient (Wildman–Crippen LogP) is 1.07. The first-order valence-electron chi connectivity index (χ1n) is 9.76. The number of hydrogen-bond acceptors (Lipinski definition) is 10. The molecule has 1 atom stereocenters. The number of aromatic nitrogens is 5. The molecule has 1 aliphatic rings. The van der Waals surface area contributed by atoms with E-state index in [4.69, 9.17) is 5.11 Å². The largest absolute Gasteiger partial charge is 0.393 e. The topological polar surface area (TPSA) is 123 Å². The maximum Gasteiger partial charge on any atom is 0.231 e. The minimum atomic E-state index is -0.883. The Hall–Kier alpha value is -3.37. The fourth-order valence-corrected chi connectivity index (χ4v) is 3.18. The lowest BCUT2D eigenvalue weighted by atomic mass is 10.1. The molecular formula is C20H24N8O2. The van der Waals surface area contributed by atoms with E-state index in [0.29, 0.717) is 17.5 Å². The second-order valence-electron chi connectivity index (χ2n) is 7.09. The Kier molecular flexibility index (Phi) is 5.96. The third-order valence-electron chi connectivity index (χ3n) is 4.90. The summed E-state index contributed by atoms with van der Waals surface area (Å²) in [7, 11) is 0. The molecule has 3 heterocycles. The van der Waals surface area contributed by atoms with Gasteiger partial charge in [0.25, 0.3) is 0 Å². The fraction of sp³-hybridized carbons (Fsp3) is 0.350. The van der Waals surface area contributed by atoms with Crippen molar-refractivity contribution in [2.75, 3.05) is 47.9 Å². The van der Waals surface area contributed by atoms with Crippen LogP contribution in [0, 0.1) is 6.92 Å². The Morgan fingerprint density at radius 3 is 2.20 bits per heavy atom. The molecule has 0 saturated carbocycles. The summed E-state index contributed by atoms with van der Waals surface area (Å²) in [4.78, 5) is 26.1. The number of hydrogen-bond donors (Lipinski definition) is 3. The van der Waals surface area contributed by atoms with E-state index in [1.54, 1.807) is 24.3 Å². The fourth-order valence-electron chi connectivity index (χ4n) is 3.18. The average molecular weight is 408 g/mol. The summed E-state index contributed by atoms with van der Waals surface area (Å²) < 4.78 is 0. The standard InChI is InChI=1S/C20H24N8O2/c1-14-10-21-19(22-11-14)27-6-8-28(9-7-27)20-24-13-23-18(26-20)25-16-4-2-15(3-5-16)17(30)12-29/h2-5,10-11,13,17,29-30H,6-9,12H2,1H3,(H,23,24,25,26)/t17-/m1/s1. The third-order valence-corrected chi connectivity index (χ3v) is 4.90. The third kappa shape index (κ3) is 4.61. The highest BCUT2D eigenvalue weighted by Crippen LogP contribution is 2.20. The zero-order chi connectivity index (χ0) is 20.9. The molecule has 156 valence electrons. The molecule has 0 aliphatic carbocycles. The molecule has 10 heteroatoms. The number of piperazine rings is 1. The molecule has 1 saturated heterocycles. The van der Waals surface area contributed by atoms with Crippen LogP contribution in [0.15, 0.2) is 43.0 Å². The maximum absolute atomic E-state index is 9.67. The highest BCUT2D eigenvalue weighted by atomic mass is 16.3. The molecule has 1 aromatic carbocycles. The number of anilines is 4. The summed E-state index contributed by atoms with van der Waals surface area (Å²) in [6.07, 6.45) is 4.27. The van der Waals surface area contributed by atoms with Crippen LogP contribution in [0.25, 0.3) is 0 Å². The number of aryl methyl sites for hydroxylation is 1. The van der Waals surface area contributed by atoms with Crippen molar-refractivity contribution in [1.82, 2.24) is 24.9 Å². The highest BCUT2D eigenvalue weighted by Gasteiger charge is 2.21. The van der Waals surface area contributed by atoms with Gasteiger partial charge in [0, 0.05) is 44.3 Å². The minimum absolute atomic E-state index is 0.313. The summed E-state index contributed by atoms with van der Waals surface area (Å²) in [6, 6.07) is 7.10. The molecule has 1 fully saturated rings. The molecule has 4 rings (SSSR count). The summed E-state index contributed by atoms with van der Waals surface area (Å²) in [5, 5.41) is 21.8. The molecule has 0 spiro atoms. The van der Waals surface area contributed by atoms with Crippen molar-refractivity contribution in [2.45, 2.75) is 13.0 Å². The normalized spacial score (nSPS) is 15.2. The molecule has 0 bridgehead atoms. The Labute approximate surface area is 174 Å². The Balaban J connectivity index is 1.38. The Morgan fingerprint density at radius 2 is 1.57 bits per heavy atom. The quantitative estimate of drug-likeness (QED) is 0.545. The number of rotatable bonds is 6. The van der Waals surface area contributed by atoms with Gasteiger partial charge in [-0.25, -0.2) is 19.9 Å². The van der Waals surface area contributed by atoms with Gasteiger partial charge in [0.2, 0.25) is 17.8 Å². The number of nitrogens with zero attached hydrogens (tertiary/aromatic N) is 7. The van der Waals surface area contributed by atoms with Crippen LogP contribution in [0.1, 0.15) is 17.2 Å². The van der Waals surface area contributed by atoms with Crippen molar-refractivity contribution < 1.29 is 10.2 Å². The van der Waals surface area contributed by atoms with Crippen molar-refractivity contribution in [2.24, 2.45) is 0 Å². The molecule has 0 unspecified atom stereocenters. The summed E-state index contributed by atoms with van der Waals surface area (Å²) in [5.74, 6) is 1.80. The van der Waals surface area contributed by atoms with E-state index in [-0.39, 0.29) is 6.61 Å². The zero-order valence-electron chi connectivity index (χ0n) is 16.7. The Morgan fingerprint density at radius 1 is 0.933 bits per heavy atom. The molecule has 1 aliphatic heterocycles.